The fraction of sp³-hybridized carbons (Fsp3) is 0.947. The van der Waals surface area contributed by atoms with Gasteiger partial charge in [-0.25, -0.2) is 0 Å². The van der Waals surface area contributed by atoms with Crippen LogP contribution >= 0.6 is 0 Å². The summed E-state index contributed by atoms with van der Waals surface area (Å²) in [6, 6.07) is 0. The second-order valence-corrected chi connectivity index (χ2v) is 8.16. The van der Waals surface area contributed by atoms with Gasteiger partial charge >= 0.3 is 6.48 Å². The molecule has 0 aliphatic carbocycles. The highest BCUT2D eigenvalue weighted by molar-refractivity contribution is 4.87. The van der Waals surface area contributed by atoms with Crippen molar-refractivity contribution in [2.75, 3.05) is 59.5 Å². The molecule has 0 aromatic carbocycles. The molecule has 145 valence electrons. The third-order valence-corrected chi connectivity index (χ3v) is 6.19. The molecule has 3 aliphatic heterocycles. The fourth-order valence-corrected chi connectivity index (χ4v) is 3.10. The number of ether oxygens (including phenoxy) is 6. The Morgan fingerprint density at radius 1 is 0.600 bits per heavy atom. The van der Waals surface area contributed by atoms with Gasteiger partial charge in [-0.1, -0.05) is 20.8 Å². The molecule has 0 spiro atoms. The van der Waals surface area contributed by atoms with E-state index in [4.69, 9.17) is 28.4 Å². The summed E-state index contributed by atoms with van der Waals surface area (Å²) in [5, 5.41) is 0. The van der Waals surface area contributed by atoms with Gasteiger partial charge in [-0.3, -0.25) is 0 Å². The van der Waals surface area contributed by atoms with Gasteiger partial charge in [0.25, 0.3) is 0 Å². The Morgan fingerprint density at radius 3 is 1.04 bits per heavy atom. The van der Waals surface area contributed by atoms with Crippen molar-refractivity contribution >= 4 is 0 Å². The average molecular weight is 357 g/mol. The molecule has 0 atom stereocenters. The SMILES string of the molecule is CCC1(CO[C](OCC2(CC)COC2)OCC2(CC)COC2)COC1. The van der Waals surface area contributed by atoms with E-state index in [1.807, 2.05) is 0 Å². The first-order valence-electron chi connectivity index (χ1n) is 9.57. The van der Waals surface area contributed by atoms with Crippen LogP contribution < -0.4 is 0 Å². The number of hydrogen-bond donors (Lipinski definition) is 0. The quantitative estimate of drug-likeness (QED) is 0.535. The van der Waals surface area contributed by atoms with E-state index in [2.05, 4.69) is 20.8 Å². The van der Waals surface area contributed by atoms with E-state index in [1.165, 1.54) is 0 Å². The summed E-state index contributed by atoms with van der Waals surface area (Å²) in [6.07, 6.45) is 3.08. The van der Waals surface area contributed by atoms with Crippen molar-refractivity contribution in [2.24, 2.45) is 16.2 Å². The maximum atomic E-state index is 5.97. The van der Waals surface area contributed by atoms with Crippen molar-refractivity contribution in [2.45, 2.75) is 40.0 Å². The van der Waals surface area contributed by atoms with Crippen LogP contribution in [0.25, 0.3) is 0 Å². The Hall–Kier alpha value is -0.240. The zero-order valence-corrected chi connectivity index (χ0v) is 15.9. The summed E-state index contributed by atoms with van der Waals surface area (Å²) in [5.74, 6) is 0. The lowest BCUT2D eigenvalue weighted by molar-refractivity contribution is -0.266. The van der Waals surface area contributed by atoms with Crippen molar-refractivity contribution in [3.05, 3.63) is 6.48 Å². The minimum atomic E-state index is 0.0992. The molecule has 3 saturated heterocycles. The Morgan fingerprint density at radius 2 is 0.880 bits per heavy atom. The van der Waals surface area contributed by atoms with Gasteiger partial charge in [0, 0.05) is 16.2 Å². The molecular weight excluding hydrogens is 324 g/mol. The highest BCUT2D eigenvalue weighted by atomic mass is 16.8. The molecule has 3 heterocycles. The normalized spacial score (nSPS) is 25.9. The molecule has 0 unspecified atom stereocenters. The van der Waals surface area contributed by atoms with Crippen LogP contribution in [0.15, 0.2) is 0 Å². The van der Waals surface area contributed by atoms with Crippen LogP contribution in [0, 0.1) is 22.7 Å². The molecule has 0 N–H and O–H groups in total. The Kier molecular flexibility index (Phi) is 6.40. The van der Waals surface area contributed by atoms with Crippen LogP contribution in [0.1, 0.15) is 40.0 Å². The Bertz CT molecular complexity index is 336. The first-order chi connectivity index (χ1) is 12.1. The Labute approximate surface area is 151 Å². The molecule has 6 heteroatoms. The summed E-state index contributed by atoms with van der Waals surface area (Å²) in [5.41, 5.74) is 0.298. The minimum absolute atomic E-state index is 0.0992. The molecule has 0 aromatic rings. The van der Waals surface area contributed by atoms with Gasteiger partial charge in [-0.05, 0) is 19.3 Å². The van der Waals surface area contributed by atoms with Gasteiger partial charge in [-0.15, -0.1) is 0 Å². The first-order valence-corrected chi connectivity index (χ1v) is 9.57. The number of rotatable bonds is 12. The third kappa shape index (κ3) is 4.37. The monoisotopic (exact) mass is 357 g/mol. The van der Waals surface area contributed by atoms with Gasteiger partial charge in [0.05, 0.1) is 59.5 Å². The van der Waals surface area contributed by atoms with Crippen LogP contribution in [-0.2, 0) is 28.4 Å². The van der Waals surface area contributed by atoms with E-state index in [1.54, 1.807) is 0 Å². The van der Waals surface area contributed by atoms with E-state index in [0.29, 0.717) is 26.3 Å². The van der Waals surface area contributed by atoms with Crippen LogP contribution in [0.3, 0.4) is 0 Å². The van der Waals surface area contributed by atoms with Crippen molar-refractivity contribution in [3.8, 4) is 0 Å². The van der Waals surface area contributed by atoms with E-state index in [9.17, 15) is 0 Å². The topological polar surface area (TPSA) is 55.4 Å². The molecule has 0 bridgehead atoms. The lowest BCUT2D eigenvalue weighted by Gasteiger charge is -2.43. The molecule has 6 nitrogen and oxygen atoms in total. The maximum absolute atomic E-state index is 5.97. The third-order valence-electron chi connectivity index (χ3n) is 6.19. The van der Waals surface area contributed by atoms with E-state index in [-0.39, 0.29) is 16.2 Å². The van der Waals surface area contributed by atoms with Crippen molar-refractivity contribution in [1.29, 1.82) is 0 Å². The van der Waals surface area contributed by atoms with Crippen molar-refractivity contribution in [1.82, 2.24) is 0 Å². The second kappa shape index (κ2) is 8.19. The summed E-state index contributed by atoms with van der Waals surface area (Å²) >= 11 is 0. The molecule has 0 amide bonds. The van der Waals surface area contributed by atoms with Crippen LogP contribution in [-0.4, -0.2) is 59.5 Å². The smallest absolute Gasteiger partial charge is 0.370 e. The first kappa shape index (κ1) is 19.5. The molecule has 1 radical (unpaired) electrons. The Balaban J connectivity index is 1.51. The maximum Gasteiger partial charge on any atom is 0.370 e. The molecule has 0 aromatic heterocycles. The molecule has 3 fully saturated rings. The summed E-state index contributed by atoms with van der Waals surface area (Å²) in [4.78, 5) is 0. The van der Waals surface area contributed by atoms with E-state index < -0.39 is 0 Å². The van der Waals surface area contributed by atoms with Crippen LogP contribution in [0.5, 0.6) is 0 Å². The largest absolute Gasteiger partial charge is 0.380 e. The van der Waals surface area contributed by atoms with Crippen molar-refractivity contribution < 1.29 is 28.4 Å². The van der Waals surface area contributed by atoms with E-state index >= 15 is 0 Å². The average Bonchev–Trinajstić information content (AvgIpc) is 2.52. The fourth-order valence-electron chi connectivity index (χ4n) is 3.10. The van der Waals surface area contributed by atoms with E-state index in [0.717, 1.165) is 58.9 Å². The molecule has 3 rings (SSSR count). The summed E-state index contributed by atoms with van der Waals surface area (Å²) in [6.45, 7) is 13.0. The highest BCUT2D eigenvalue weighted by Gasteiger charge is 2.42. The lowest BCUT2D eigenvalue weighted by atomic mass is 9.84. The van der Waals surface area contributed by atoms with Crippen LogP contribution in [0.2, 0.25) is 0 Å². The number of hydrogen-bond acceptors (Lipinski definition) is 6. The molecule has 25 heavy (non-hydrogen) atoms. The van der Waals surface area contributed by atoms with Gasteiger partial charge < -0.3 is 28.4 Å². The summed E-state index contributed by atoms with van der Waals surface area (Å²) in [7, 11) is 0. The predicted octanol–water partition coefficient (Wildman–Crippen LogP) is 2.76. The zero-order valence-electron chi connectivity index (χ0n) is 15.9. The molecule has 3 aliphatic rings. The minimum Gasteiger partial charge on any atom is -0.380 e. The zero-order chi connectivity index (χ0) is 17.8. The predicted molar refractivity (Wildman–Crippen MR) is 91.7 cm³/mol. The van der Waals surface area contributed by atoms with Gasteiger partial charge in [0.1, 0.15) is 0 Å². The second-order valence-electron chi connectivity index (χ2n) is 8.16. The van der Waals surface area contributed by atoms with Gasteiger partial charge in [0.15, 0.2) is 0 Å². The van der Waals surface area contributed by atoms with Gasteiger partial charge in [-0.2, -0.15) is 0 Å². The summed E-state index contributed by atoms with van der Waals surface area (Å²) < 4.78 is 34.0. The molecular formula is C19H33O6. The molecule has 0 saturated carbocycles. The van der Waals surface area contributed by atoms with Gasteiger partial charge in [0.2, 0.25) is 0 Å². The van der Waals surface area contributed by atoms with Crippen LogP contribution in [0.4, 0.5) is 0 Å². The van der Waals surface area contributed by atoms with Crippen molar-refractivity contribution in [3.63, 3.8) is 0 Å². The highest BCUT2D eigenvalue weighted by Crippen LogP contribution is 2.37. The standard InChI is InChI=1S/C19H33O6/c1-4-17(7-20-8-17)13-23-16(24-14-18(5-2)9-21-10-18)25-15-19(6-3)11-22-12-19/h4-15H2,1-3H3. The lowest BCUT2D eigenvalue weighted by Crippen LogP contribution is -2.49.